The Hall–Kier alpha value is -2.85. The van der Waals surface area contributed by atoms with Crippen LogP contribution in [-0.4, -0.2) is 65.2 Å². The van der Waals surface area contributed by atoms with E-state index in [4.69, 9.17) is 4.74 Å². The Labute approximate surface area is 181 Å². The maximum absolute atomic E-state index is 12.7. The number of carbonyl (C=O) groups excluding carboxylic acids is 1. The van der Waals surface area contributed by atoms with E-state index < -0.39 is 26.9 Å². The molecule has 0 radical (unpaired) electrons. The fourth-order valence-electron chi connectivity index (χ4n) is 3.22. The lowest BCUT2D eigenvalue weighted by molar-refractivity contribution is 0.0138. The SMILES string of the molecule is CC(C)(C)OC(=O)N1CCN(Cc2ccn(S(=O)(=O)c3ccccc3)c(=O)c2O)CC1. The van der Waals surface area contributed by atoms with Crippen LogP contribution in [0.2, 0.25) is 0 Å². The van der Waals surface area contributed by atoms with Gasteiger partial charge in [0.1, 0.15) is 5.60 Å². The fourth-order valence-corrected chi connectivity index (χ4v) is 4.48. The molecule has 2 aromatic rings. The Bertz CT molecular complexity index is 1100. The number of hydrogen-bond donors (Lipinski definition) is 1. The second-order valence-electron chi connectivity index (χ2n) is 8.35. The van der Waals surface area contributed by atoms with E-state index in [0.29, 0.717) is 35.7 Å². The number of aromatic nitrogens is 1. The molecule has 0 aliphatic carbocycles. The van der Waals surface area contributed by atoms with E-state index >= 15 is 0 Å². The molecule has 1 fully saturated rings. The number of aromatic hydroxyl groups is 1. The third kappa shape index (κ3) is 5.26. The average molecular weight is 450 g/mol. The smallest absolute Gasteiger partial charge is 0.410 e. The Kier molecular flexibility index (Phi) is 6.42. The van der Waals surface area contributed by atoms with Gasteiger partial charge in [-0.2, -0.15) is 0 Å². The van der Waals surface area contributed by atoms with Gasteiger partial charge in [0.2, 0.25) is 0 Å². The number of ether oxygens (including phenoxy) is 1. The highest BCUT2D eigenvalue weighted by Crippen LogP contribution is 2.19. The zero-order valence-electron chi connectivity index (χ0n) is 17.8. The fraction of sp³-hybridized carbons (Fsp3) is 0.429. The molecule has 2 heterocycles. The van der Waals surface area contributed by atoms with Crippen molar-refractivity contribution in [3.05, 3.63) is 58.5 Å². The number of piperazine rings is 1. The van der Waals surface area contributed by atoms with Crippen molar-refractivity contribution in [2.45, 2.75) is 37.8 Å². The van der Waals surface area contributed by atoms with Gasteiger partial charge in [-0.15, -0.1) is 0 Å². The first kappa shape index (κ1) is 22.8. The van der Waals surface area contributed by atoms with Crippen LogP contribution in [0.4, 0.5) is 4.79 Å². The third-order valence-corrected chi connectivity index (χ3v) is 6.51. The predicted octanol–water partition coefficient (Wildman–Crippen LogP) is 1.84. The Morgan fingerprint density at radius 1 is 1.06 bits per heavy atom. The first-order valence-corrected chi connectivity index (χ1v) is 11.4. The highest BCUT2D eigenvalue weighted by atomic mass is 32.2. The number of amides is 1. The molecular formula is C21H27N3O6S. The standard InChI is InChI=1S/C21H27N3O6S/c1-21(2,3)30-20(27)23-13-11-22(12-14-23)15-16-9-10-24(19(26)18(16)25)31(28,29)17-7-5-4-6-8-17/h4-10,25H,11-15H2,1-3H3. The monoisotopic (exact) mass is 449 g/mol. The molecule has 1 aromatic heterocycles. The summed E-state index contributed by atoms with van der Waals surface area (Å²) >= 11 is 0. The third-order valence-electron chi connectivity index (χ3n) is 4.84. The van der Waals surface area contributed by atoms with Gasteiger partial charge < -0.3 is 14.7 Å². The average Bonchev–Trinajstić information content (AvgIpc) is 2.71. The second kappa shape index (κ2) is 8.72. The van der Waals surface area contributed by atoms with Gasteiger partial charge in [0.25, 0.3) is 10.0 Å². The molecule has 1 amide bonds. The maximum Gasteiger partial charge on any atom is 0.410 e. The van der Waals surface area contributed by atoms with E-state index in [1.54, 1.807) is 23.1 Å². The van der Waals surface area contributed by atoms with Crippen LogP contribution in [0.3, 0.4) is 0 Å². The molecule has 3 rings (SSSR count). The summed E-state index contributed by atoms with van der Waals surface area (Å²) in [5, 5.41) is 10.4. The van der Waals surface area contributed by atoms with Crippen LogP contribution in [0.15, 0.2) is 52.3 Å². The van der Waals surface area contributed by atoms with E-state index in [9.17, 15) is 23.1 Å². The number of carbonyl (C=O) groups is 1. The maximum atomic E-state index is 12.7. The highest BCUT2D eigenvalue weighted by Gasteiger charge is 2.27. The largest absolute Gasteiger partial charge is 0.503 e. The summed E-state index contributed by atoms with van der Waals surface area (Å²) in [7, 11) is -4.10. The van der Waals surface area contributed by atoms with Crippen molar-refractivity contribution in [2.75, 3.05) is 26.2 Å². The second-order valence-corrected chi connectivity index (χ2v) is 10.2. The minimum atomic E-state index is -4.10. The number of hydrogen-bond acceptors (Lipinski definition) is 7. The highest BCUT2D eigenvalue weighted by molar-refractivity contribution is 7.90. The van der Waals surface area contributed by atoms with Crippen LogP contribution in [0.5, 0.6) is 5.75 Å². The number of benzene rings is 1. The van der Waals surface area contributed by atoms with Crippen LogP contribution >= 0.6 is 0 Å². The van der Waals surface area contributed by atoms with E-state index in [-0.39, 0.29) is 17.5 Å². The van der Waals surface area contributed by atoms with E-state index in [1.807, 2.05) is 25.7 Å². The Morgan fingerprint density at radius 2 is 1.68 bits per heavy atom. The zero-order valence-corrected chi connectivity index (χ0v) is 18.6. The van der Waals surface area contributed by atoms with Crippen molar-refractivity contribution in [1.29, 1.82) is 0 Å². The summed E-state index contributed by atoms with van der Waals surface area (Å²) < 4.78 is 31.3. The van der Waals surface area contributed by atoms with Gasteiger partial charge in [-0.3, -0.25) is 9.69 Å². The van der Waals surface area contributed by atoms with E-state index in [1.165, 1.54) is 18.2 Å². The molecule has 9 nitrogen and oxygen atoms in total. The molecule has 0 unspecified atom stereocenters. The molecule has 1 aliphatic heterocycles. The number of nitrogens with zero attached hydrogens (tertiary/aromatic N) is 3. The van der Waals surface area contributed by atoms with Crippen molar-refractivity contribution in [3.8, 4) is 5.75 Å². The van der Waals surface area contributed by atoms with Crippen molar-refractivity contribution in [3.63, 3.8) is 0 Å². The molecule has 1 saturated heterocycles. The lowest BCUT2D eigenvalue weighted by Crippen LogP contribution is -2.49. The molecule has 31 heavy (non-hydrogen) atoms. The molecule has 1 aromatic carbocycles. The van der Waals surface area contributed by atoms with Crippen molar-refractivity contribution >= 4 is 16.1 Å². The van der Waals surface area contributed by atoms with Crippen LogP contribution in [-0.2, 0) is 21.3 Å². The van der Waals surface area contributed by atoms with Gasteiger partial charge in [-0.1, -0.05) is 18.2 Å². The minimum Gasteiger partial charge on any atom is -0.503 e. The molecule has 1 N–H and O–H groups in total. The van der Waals surface area contributed by atoms with E-state index in [0.717, 1.165) is 6.20 Å². The molecule has 1 aliphatic rings. The molecule has 0 bridgehead atoms. The van der Waals surface area contributed by atoms with E-state index in [2.05, 4.69) is 0 Å². The van der Waals surface area contributed by atoms with Crippen molar-refractivity contribution in [1.82, 2.24) is 13.8 Å². The number of pyridine rings is 1. The van der Waals surface area contributed by atoms with Gasteiger partial charge in [0.15, 0.2) is 5.75 Å². The van der Waals surface area contributed by atoms with Crippen molar-refractivity contribution in [2.24, 2.45) is 0 Å². The van der Waals surface area contributed by atoms with Gasteiger partial charge in [0.05, 0.1) is 4.90 Å². The summed E-state index contributed by atoms with van der Waals surface area (Å²) in [5.41, 5.74) is -1.23. The normalized spacial score (nSPS) is 15.6. The molecule has 0 saturated carbocycles. The first-order valence-electron chi connectivity index (χ1n) is 9.93. The summed E-state index contributed by atoms with van der Waals surface area (Å²) in [6.45, 7) is 7.66. The summed E-state index contributed by atoms with van der Waals surface area (Å²) in [6.07, 6.45) is 0.792. The molecule has 0 spiro atoms. The van der Waals surface area contributed by atoms with Gasteiger partial charge in [0, 0.05) is 44.5 Å². The Morgan fingerprint density at radius 3 is 2.26 bits per heavy atom. The summed E-state index contributed by atoms with van der Waals surface area (Å²) in [5.74, 6) is -0.600. The topological polar surface area (TPSA) is 109 Å². The number of rotatable bonds is 4. The molecule has 168 valence electrons. The lowest BCUT2D eigenvalue weighted by Gasteiger charge is -2.35. The molecule has 0 atom stereocenters. The minimum absolute atomic E-state index is 0.0393. The first-order chi connectivity index (χ1) is 14.5. The van der Waals surface area contributed by atoms with Gasteiger partial charge in [-0.25, -0.2) is 17.2 Å². The predicted molar refractivity (Wildman–Crippen MR) is 114 cm³/mol. The van der Waals surface area contributed by atoms with Crippen LogP contribution < -0.4 is 5.56 Å². The van der Waals surface area contributed by atoms with Gasteiger partial charge in [-0.05, 0) is 39.0 Å². The lowest BCUT2D eigenvalue weighted by atomic mass is 10.2. The quantitative estimate of drug-likeness (QED) is 0.759. The molecular weight excluding hydrogens is 422 g/mol. The summed E-state index contributed by atoms with van der Waals surface area (Å²) in [6, 6.07) is 8.99. The van der Waals surface area contributed by atoms with Crippen LogP contribution in [0.25, 0.3) is 0 Å². The zero-order chi connectivity index (χ0) is 22.8. The summed E-state index contributed by atoms with van der Waals surface area (Å²) in [4.78, 5) is 28.3. The Balaban J connectivity index is 1.70. The van der Waals surface area contributed by atoms with Crippen LogP contribution in [0.1, 0.15) is 26.3 Å². The van der Waals surface area contributed by atoms with Crippen molar-refractivity contribution < 1.29 is 23.1 Å². The molecule has 10 heteroatoms. The van der Waals surface area contributed by atoms with Gasteiger partial charge >= 0.3 is 11.7 Å². The van der Waals surface area contributed by atoms with Crippen LogP contribution in [0, 0.1) is 0 Å².